The predicted octanol–water partition coefficient (Wildman–Crippen LogP) is 1.52. The third-order valence-electron chi connectivity index (χ3n) is 2.45. The predicted molar refractivity (Wildman–Crippen MR) is 61.8 cm³/mol. The van der Waals surface area contributed by atoms with Gasteiger partial charge in [0.15, 0.2) is 0 Å². The lowest BCUT2D eigenvalue weighted by molar-refractivity contribution is 0.0892. The average Bonchev–Trinajstić information content (AvgIpc) is 2.35. The number of benzene rings is 1. The maximum absolute atomic E-state index is 11.9. The van der Waals surface area contributed by atoms with Gasteiger partial charge in [-0.1, -0.05) is 0 Å². The highest BCUT2D eigenvalue weighted by molar-refractivity contribution is 5.96. The van der Waals surface area contributed by atoms with E-state index in [4.69, 9.17) is 0 Å². The molecule has 0 unspecified atom stereocenters. The molecule has 1 amide bonds. The summed E-state index contributed by atoms with van der Waals surface area (Å²) >= 11 is 0. The summed E-state index contributed by atoms with van der Waals surface area (Å²) in [6.07, 6.45) is -2.53. The number of fused-ring (bicyclic) bond motifs is 1. The summed E-state index contributed by atoms with van der Waals surface area (Å²) in [4.78, 5) is 11.5. The molecular weight excluding hydrogens is 228 g/mol. The topological polar surface area (TPSA) is 53.2 Å². The molecule has 1 aromatic carbocycles. The second-order valence-corrected chi connectivity index (χ2v) is 3.72. The number of halogens is 2. The summed E-state index contributed by atoms with van der Waals surface area (Å²) in [5, 5.41) is 8.46. The number of alkyl halides is 2. The van der Waals surface area contributed by atoms with Gasteiger partial charge in [0, 0.05) is 18.7 Å². The van der Waals surface area contributed by atoms with E-state index in [1.165, 1.54) is 0 Å². The van der Waals surface area contributed by atoms with E-state index < -0.39 is 18.9 Å². The first kappa shape index (κ1) is 11.6. The Morgan fingerprint density at radius 1 is 1.29 bits per heavy atom. The summed E-state index contributed by atoms with van der Waals surface area (Å²) in [6.45, 7) is 0.973. The highest BCUT2D eigenvalue weighted by Gasteiger charge is 2.13. The Labute approximate surface area is 97.4 Å². The zero-order valence-corrected chi connectivity index (χ0v) is 9.09. The van der Waals surface area contributed by atoms with Gasteiger partial charge in [-0.25, -0.2) is 8.78 Å². The van der Waals surface area contributed by atoms with Crippen LogP contribution >= 0.6 is 0 Å². The molecule has 3 N–H and O–H groups in total. The molecule has 0 aromatic heterocycles. The number of nitrogens with one attached hydrogen (secondary N) is 3. The first-order valence-corrected chi connectivity index (χ1v) is 5.35. The molecule has 0 radical (unpaired) electrons. The highest BCUT2D eigenvalue weighted by atomic mass is 19.3. The third-order valence-corrected chi connectivity index (χ3v) is 2.45. The molecule has 0 saturated heterocycles. The molecule has 1 heterocycles. The van der Waals surface area contributed by atoms with E-state index in [9.17, 15) is 13.6 Å². The summed E-state index contributed by atoms with van der Waals surface area (Å²) < 4.78 is 23.9. The average molecular weight is 241 g/mol. The Morgan fingerprint density at radius 2 is 2.00 bits per heavy atom. The Balaban J connectivity index is 2.08. The van der Waals surface area contributed by atoms with Gasteiger partial charge < -0.3 is 16.0 Å². The fraction of sp³-hybridized carbons (Fsp3) is 0.364. The fourth-order valence-electron chi connectivity index (χ4n) is 1.65. The van der Waals surface area contributed by atoms with Crippen molar-refractivity contribution < 1.29 is 13.6 Å². The molecule has 0 bridgehead atoms. The highest BCUT2D eigenvalue weighted by Crippen LogP contribution is 2.25. The van der Waals surface area contributed by atoms with Gasteiger partial charge in [-0.3, -0.25) is 4.79 Å². The van der Waals surface area contributed by atoms with Crippen molar-refractivity contribution in [1.82, 2.24) is 5.32 Å². The van der Waals surface area contributed by atoms with Gasteiger partial charge in [-0.15, -0.1) is 0 Å². The van der Waals surface area contributed by atoms with Crippen LogP contribution in [0, 0.1) is 0 Å². The second kappa shape index (κ2) is 4.99. The Bertz CT molecular complexity index is 423. The van der Waals surface area contributed by atoms with Crippen molar-refractivity contribution >= 4 is 17.3 Å². The molecule has 0 saturated carbocycles. The van der Waals surface area contributed by atoms with Gasteiger partial charge >= 0.3 is 0 Å². The normalized spacial score (nSPS) is 13.6. The maximum Gasteiger partial charge on any atom is 0.255 e. The summed E-state index contributed by atoms with van der Waals surface area (Å²) in [6, 6.07) is 5.03. The molecule has 17 heavy (non-hydrogen) atoms. The molecule has 0 atom stereocenters. The van der Waals surface area contributed by atoms with Crippen LogP contribution in [0.25, 0.3) is 0 Å². The Hall–Kier alpha value is -1.85. The molecule has 1 aromatic rings. The minimum Gasteiger partial charge on any atom is -0.382 e. The van der Waals surface area contributed by atoms with Crippen LogP contribution in [0.15, 0.2) is 18.2 Å². The minimum absolute atomic E-state index is 0.376. The molecule has 6 heteroatoms. The van der Waals surface area contributed by atoms with Crippen molar-refractivity contribution in [1.29, 1.82) is 0 Å². The van der Waals surface area contributed by atoms with Crippen LogP contribution in [-0.4, -0.2) is 32.0 Å². The van der Waals surface area contributed by atoms with Gasteiger partial charge in [-0.05, 0) is 18.2 Å². The van der Waals surface area contributed by atoms with Crippen LogP contribution in [0.1, 0.15) is 10.4 Å². The standard InChI is InChI=1S/C11H13F2N3O/c12-10(13)6-16-11(17)7-1-2-8-9(5-7)15-4-3-14-8/h1-2,5,10,14-15H,3-4,6H2,(H,16,17). The molecule has 0 aliphatic carbocycles. The second-order valence-electron chi connectivity index (χ2n) is 3.72. The van der Waals surface area contributed by atoms with Gasteiger partial charge in [-0.2, -0.15) is 0 Å². The lowest BCUT2D eigenvalue weighted by atomic mass is 10.1. The first-order valence-electron chi connectivity index (χ1n) is 5.35. The molecular formula is C11H13F2N3O. The molecule has 0 fully saturated rings. The lowest BCUT2D eigenvalue weighted by Gasteiger charge is -2.20. The molecule has 92 valence electrons. The summed E-state index contributed by atoms with van der Waals surface area (Å²) in [5.41, 5.74) is 2.11. The van der Waals surface area contributed by atoms with Crippen LogP contribution in [0.2, 0.25) is 0 Å². The minimum atomic E-state index is -2.53. The summed E-state index contributed by atoms with van der Waals surface area (Å²) in [5.74, 6) is -0.486. The number of rotatable bonds is 3. The lowest BCUT2D eigenvalue weighted by Crippen LogP contribution is -2.29. The van der Waals surface area contributed by atoms with Crippen molar-refractivity contribution in [3.05, 3.63) is 23.8 Å². The van der Waals surface area contributed by atoms with E-state index in [0.29, 0.717) is 5.56 Å². The van der Waals surface area contributed by atoms with E-state index in [1.807, 2.05) is 0 Å². The Kier molecular flexibility index (Phi) is 3.41. The SMILES string of the molecule is O=C(NCC(F)F)c1ccc2c(c1)NCCN2. The maximum atomic E-state index is 11.9. The van der Waals surface area contributed by atoms with Gasteiger partial charge in [0.05, 0.1) is 17.9 Å². The van der Waals surface area contributed by atoms with Gasteiger partial charge in [0.1, 0.15) is 0 Å². The van der Waals surface area contributed by atoms with Crippen molar-refractivity contribution in [2.45, 2.75) is 6.43 Å². The van der Waals surface area contributed by atoms with Crippen LogP contribution in [0.3, 0.4) is 0 Å². The van der Waals surface area contributed by atoms with Crippen molar-refractivity contribution in [2.24, 2.45) is 0 Å². The Morgan fingerprint density at radius 3 is 2.71 bits per heavy atom. The van der Waals surface area contributed by atoms with Crippen molar-refractivity contribution in [3.63, 3.8) is 0 Å². The molecule has 1 aliphatic rings. The largest absolute Gasteiger partial charge is 0.382 e. The fourth-order valence-corrected chi connectivity index (χ4v) is 1.65. The molecule has 2 rings (SSSR count). The zero-order valence-electron chi connectivity index (χ0n) is 9.09. The number of carbonyl (C=O) groups is 1. The van der Waals surface area contributed by atoms with Gasteiger partial charge in [0.25, 0.3) is 12.3 Å². The van der Waals surface area contributed by atoms with E-state index in [2.05, 4.69) is 16.0 Å². The van der Waals surface area contributed by atoms with Crippen LogP contribution in [0.4, 0.5) is 20.2 Å². The summed E-state index contributed by atoms with van der Waals surface area (Å²) in [7, 11) is 0. The van der Waals surface area contributed by atoms with Crippen LogP contribution in [0.5, 0.6) is 0 Å². The van der Waals surface area contributed by atoms with E-state index in [0.717, 1.165) is 24.5 Å². The number of hydrogen-bond donors (Lipinski definition) is 3. The third kappa shape index (κ3) is 2.83. The van der Waals surface area contributed by atoms with Gasteiger partial charge in [0.2, 0.25) is 0 Å². The zero-order chi connectivity index (χ0) is 12.3. The smallest absolute Gasteiger partial charge is 0.255 e. The quantitative estimate of drug-likeness (QED) is 0.752. The first-order chi connectivity index (χ1) is 8.16. The van der Waals surface area contributed by atoms with Crippen molar-refractivity contribution in [3.8, 4) is 0 Å². The molecule has 0 spiro atoms. The monoisotopic (exact) mass is 241 g/mol. The molecule has 1 aliphatic heterocycles. The number of anilines is 2. The van der Waals surface area contributed by atoms with Crippen molar-refractivity contribution in [2.75, 3.05) is 30.3 Å². The van der Waals surface area contributed by atoms with E-state index >= 15 is 0 Å². The molecule has 4 nitrogen and oxygen atoms in total. The van der Waals surface area contributed by atoms with Crippen LogP contribution in [-0.2, 0) is 0 Å². The van der Waals surface area contributed by atoms with Crippen LogP contribution < -0.4 is 16.0 Å². The number of carbonyl (C=O) groups excluding carboxylic acids is 1. The number of hydrogen-bond acceptors (Lipinski definition) is 3. The van der Waals surface area contributed by atoms with E-state index in [-0.39, 0.29) is 0 Å². The van der Waals surface area contributed by atoms with E-state index in [1.54, 1.807) is 18.2 Å². The number of amides is 1.